The lowest BCUT2D eigenvalue weighted by Gasteiger charge is -2.48. The third kappa shape index (κ3) is 2.28. The fraction of sp³-hybridized carbons (Fsp3) is 0.526. The zero-order valence-electron chi connectivity index (χ0n) is 16.0. The molecule has 0 spiro atoms. The molecule has 4 atom stereocenters. The molecule has 0 N–H and O–H groups in total. The van der Waals surface area contributed by atoms with Gasteiger partial charge < -0.3 is 19.3 Å². The highest BCUT2D eigenvalue weighted by atomic mass is 79.9. The van der Waals surface area contributed by atoms with Crippen LogP contribution in [0.4, 0.5) is 0 Å². The van der Waals surface area contributed by atoms with Gasteiger partial charge in [0.2, 0.25) is 12.7 Å². The van der Waals surface area contributed by atoms with Gasteiger partial charge in [0.05, 0.1) is 17.5 Å². The Morgan fingerprint density at radius 3 is 2.71 bits per heavy atom. The molecule has 0 aromatic heterocycles. The van der Waals surface area contributed by atoms with Gasteiger partial charge in [0.1, 0.15) is 6.04 Å². The summed E-state index contributed by atoms with van der Waals surface area (Å²) >= 11 is 4.89. The highest BCUT2D eigenvalue weighted by molar-refractivity contribution is 9.10. The third-order valence-electron chi connectivity index (χ3n) is 6.08. The van der Waals surface area contributed by atoms with Crippen molar-refractivity contribution < 1.29 is 19.1 Å². The summed E-state index contributed by atoms with van der Waals surface area (Å²) in [6.07, 6.45) is 2.05. The maximum Gasteiger partial charge on any atom is 0.259 e. The molecule has 2 saturated heterocycles. The minimum atomic E-state index is -1.13. The van der Waals surface area contributed by atoms with Gasteiger partial charge in [-0.2, -0.15) is 5.26 Å². The van der Waals surface area contributed by atoms with E-state index >= 15 is 0 Å². The maximum absolute atomic E-state index is 13.4. The minimum Gasteiger partial charge on any atom is -0.454 e. The Morgan fingerprint density at radius 2 is 2.07 bits per heavy atom. The summed E-state index contributed by atoms with van der Waals surface area (Å²) in [6, 6.07) is 4.75. The molecule has 3 aliphatic rings. The molecule has 0 aliphatic carbocycles. The zero-order valence-corrected chi connectivity index (χ0v) is 18.4. The number of likely N-dealkylation sites (N-methyl/N-ethyl adjacent to an activating group) is 1. The molecule has 2 amide bonds. The van der Waals surface area contributed by atoms with Crippen LogP contribution in [0.2, 0.25) is 0 Å². The van der Waals surface area contributed by atoms with Crippen molar-refractivity contribution in [1.82, 2.24) is 9.80 Å². The lowest BCUT2D eigenvalue weighted by atomic mass is 9.79. The largest absolute Gasteiger partial charge is 0.454 e. The fourth-order valence-electron chi connectivity index (χ4n) is 4.51. The number of nitriles is 1. The number of carbonyl (C=O) groups is 2. The molecule has 4 rings (SSSR count). The van der Waals surface area contributed by atoms with E-state index in [4.69, 9.17) is 9.47 Å². The Bertz CT molecular complexity index is 934. The number of hydrogen-bond acceptors (Lipinski definition) is 6. The van der Waals surface area contributed by atoms with E-state index in [1.165, 1.54) is 16.7 Å². The molecular formula is C19H20BrN3O4S. The molecular weight excluding hydrogens is 446 g/mol. The van der Waals surface area contributed by atoms with Crippen LogP contribution in [0, 0.1) is 16.7 Å². The molecule has 2 fully saturated rings. The molecule has 0 bridgehead atoms. The Labute approximate surface area is 176 Å². The Balaban J connectivity index is 2.00. The Hall–Kier alpha value is -1.92. The van der Waals surface area contributed by atoms with Gasteiger partial charge in [0, 0.05) is 23.5 Å². The van der Waals surface area contributed by atoms with Crippen LogP contribution < -0.4 is 9.47 Å². The first-order chi connectivity index (χ1) is 13.2. The number of rotatable bonds is 2. The Morgan fingerprint density at radius 1 is 1.36 bits per heavy atom. The third-order valence-corrected chi connectivity index (χ3v) is 7.96. The first-order valence-electron chi connectivity index (χ1n) is 8.86. The molecule has 3 heterocycles. The highest BCUT2D eigenvalue weighted by Crippen LogP contribution is 2.62. The summed E-state index contributed by atoms with van der Waals surface area (Å²) in [4.78, 5) is 28.8. The average molecular weight is 466 g/mol. The standard InChI is InChI=1S/C19H20BrN3O4S/c1-10-16(24)23-15(13-11(20)5-6-12-14(13)27-9-26-12)18(2,8-21)7-19(23,28-4)17(25)22(10)3/h5-6,10,15H,7,9H2,1-4H3/t10?,15-,18+,19+/m0/s1. The summed E-state index contributed by atoms with van der Waals surface area (Å²) in [5.41, 5.74) is -0.309. The first kappa shape index (κ1) is 19.4. The smallest absolute Gasteiger partial charge is 0.259 e. The number of ether oxygens (including phenoxy) is 2. The van der Waals surface area contributed by atoms with Crippen LogP contribution in [0.5, 0.6) is 11.5 Å². The summed E-state index contributed by atoms with van der Waals surface area (Å²) in [6.45, 7) is 3.60. The van der Waals surface area contributed by atoms with Crippen LogP contribution in [0.25, 0.3) is 0 Å². The monoisotopic (exact) mass is 465 g/mol. The van der Waals surface area contributed by atoms with Crippen LogP contribution >= 0.6 is 27.7 Å². The fourth-order valence-corrected chi connectivity index (χ4v) is 6.19. The lowest BCUT2D eigenvalue weighted by molar-refractivity contribution is -0.161. The molecule has 9 heteroatoms. The molecule has 1 aromatic rings. The van der Waals surface area contributed by atoms with Crippen molar-refractivity contribution >= 4 is 39.5 Å². The minimum absolute atomic E-state index is 0.0778. The number of hydrogen-bond donors (Lipinski definition) is 0. The second-order valence-electron chi connectivity index (χ2n) is 7.59. The van der Waals surface area contributed by atoms with Gasteiger partial charge in [-0.1, -0.05) is 15.9 Å². The van der Waals surface area contributed by atoms with E-state index in [1.54, 1.807) is 31.9 Å². The van der Waals surface area contributed by atoms with E-state index in [-0.39, 0.29) is 25.0 Å². The van der Waals surface area contributed by atoms with Gasteiger partial charge in [-0.3, -0.25) is 9.59 Å². The van der Waals surface area contributed by atoms with Crippen molar-refractivity contribution in [2.45, 2.75) is 37.2 Å². The topological polar surface area (TPSA) is 82.9 Å². The van der Waals surface area contributed by atoms with Crippen LogP contribution in [0.3, 0.4) is 0 Å². The van der Waals surface area contributed by atoms with E-state index in [0.29, 0.717) is 21.5 Å². The van der Waals surface area contributed by atoms with Crippen molar-refractivity contribution in [1.29, 1.82) is 5.26 Å². The number of halogens is 1. The summed E-state index contributed by atoms with van der Waals surface area (Å²) < 4.78 is 11.9. The average Bonchev–Trinajstić information content (AvgIpc) is 3.26. The Kier molecular flexibility index (Phi) is 4.36. The second kappa shape index (κ2) is 6.29. The van der Waals surface area contributed by atoms with Crippen LogP contribution in [-0.2, 0) is 9.59 Å². The number of amides is 2. The quantitative estimate of drug-likeness (QED) is 0.667. The van der Waals surface area contributed by atoms with E-state index in [9.17, 15) is 14.9 Å². The van der Waals surface area contributed by atoms with Crippen molar-refractivity contribution in [2.75, 3.05) is 20.1 Å². The second-order valence-corrected chi connectivity index (χ2v) is 9.53. The highest BCUT2D eigenvalue weighted by Gasteiger charge is 2.68. The predicted molar refractivity (Wildman–Crippen MR) is 107 cm³/mol. The number of nitrogens with zero attached hydrogens (tertiary/aromatic N) is 3. The SMILES string of the molecule is CS[C@@]12C[C@](C)(C#N)[C@H](c3c(Br)ccc4c3OCO4)N1C(=O)C(C)N(C)C2=O. The van der Waals surface area contributed by atoms with Crippen LogP contribution in [0.15, 0.2) is 16.6 Å². The van der Waals surface area contributed by atoms with Gasteiger partial charge in [-0.05, 0) is 32.2 Å². The van der Waals surface area contributed by atoms with Crippen molar-refractivity contribution in [3.05, 3.63) is 22.2 Å². The normalized spacial score (nSPS) is 33.9. The predicted octanol–water partition coefficient (Wildman–Crippen LogP) is 2.90. The number of piperazine rings is 1. The van der Waals surface area contributed by atoms with Crippen LogP contribution in [-0.4, -0.2) is 52.6 Å². The molecule has 148 valence electrons. The van der Waals surface area contributed by atoms with Crippen molar-refractivity contribution in [3.63, 3.8) is 0 Å². The van der Waals surface area contributed by atoms with Gasteiger partial charge in [0.25, 0.3) is 5.91 Å². The first-order valence-corrected chi connectivity index (χ1v) is 10.9. The molecule has 1 aromatic carbocycles. The molecule has 3 aliphatic heterocycles. The van der Waals surface area contributed by atoms with Crippen LogP contribution in [0.1, 0.15) is 31.9 Å². The summed E-state index contributed by atoms with van der Waals surface area (Å²) in [7, 11) is 1.64. The summed E-state index contributed by atoms with van der Waals surface area (Å²) in [5.74, 6) is 0.756. The zero-order chi connectivity index (χ0) is 20.4. The molecule has 28 heavy (non-hydrogen) atoms. The molecule has 0 radical (unpaired) electrons. The van der Waals surface area contributed by atoms with Gasteiger partial charge in [-0.25, -0.2) is 0 Å². The van der Waals surface area contributed by atoms with Crippen molar-refractivity contribution in [2.24, 2.45) is 5.41 Å². The van der Waals surface area contributed by atoms with Crippen molar-refractivity contribution in [3.8, 4) is 17.6 Å². The van der Waals surface area contributed by atoms with Gasteiger partial charge >= 0.3 is 0 Å². The molecule has 0 saturated carbocycles. The number of benzene rings is 1. The van der Waals surface area contributed by atoms with E-state index in [1.807, 2.05) is 12.3 Å². The van der Waals surface area contributed by atoms with E-state index < -0.39 is 22.4 Å². The number of fused-ring (bicyclic) bond motifs is 2. The number of thioether (sulfide) groups is 1. The number of carbonyl (C=O) groups excluding carboxylic acids is 2. The van der Waals surface area contributed by atoms with Gasteiger partial charge in [-0.15, -0.1) is 11.8 Å². The maximum atomic E-state index is 13.4. The molecule has 1 unspecified atom stereocenters. The van der Waals surface area contributed by atoms with E-state index in [0.717, 1.165) is 0 Å². The lowest BCUT2D eigenvalue weighted by Crippen LogP contribution is -2.66. The summed E-state index contributed by atoms with van der Waals surface area (Å²) in [5, 5.41) is 10.1. The van der Waals surface area contributed by atoms with E-state index in [2.05, 4.69) is 22.0 Å². The molecule has 7 nitrogen and oxygen atoms in total. The van der Waals surface area contributed by atoms with Gasteiger partial charge in [0.15, 0.2) is 16.4 Å².